The van der Waals surface area contributed by atoms with Crippen LogP contribution in [0.25, 0.3) is 22.2 Å². The van der Waals surface area contributed by atoms with Crippen molar-refractivity contribution in [2.75, 3.05) is 17.6 Å². The molecular formula is C14H14N6. The highest BCUT2D eigenvalue weighted by Crippen LogP contribution is 2.26. The molecule has 4 N–H and O–H groups in total. The van der Waals surface area contributed by atoms with E-state index in [1.807, 2.05) is 24.3 Å². The van der Waals surface area contributed by atoms with Gasteiger partial charge in [0.1, 0.15) is 5.82 Å². The molecule has 0 aliphatic carbocycles. The first kappa shape index (κ1) is 12.2. The predicted octanol–water partition coefficient (Wildman–Crippen LogP) is 2.20. The van der Waals surface area contributed by atoms with Crippen molar-refractivity contribution in [1.82, 2.24) is 20.2 Å². The van der Waals surface area contributed by atoms with E-state index in [2.05, 4.69) is 32.1 Å². The lowest BCUT2D eigenvalue weighted by Crippen LogP contribution is -2.05. The summed E-state index contributed by atoms with van der Waals surface area (Å²) in [5.74, 6) is 0.953. The fourth-order valence-electron chi connectivity index (χ4n) is 2.04. The Bertz CT molecular complexity index is 748. The molecule has 0 bridgehead atoms. The Morgan fingerprint density at radius 1 is 1.30 bits per heavy atom. The van der Waals surface area contributed by atoms with Crippen molar-refractivity contribution in [2.45, 2.75) is 0 Å². The Kier molecular flexibility index (Phi) is 3.04. The monoisotopic (exact) mass is 266 g/mol. The molecule has 0 radical (unpaired) electrons. The van der Waals surface area contributed by atoms with Crippen molar-refractivity contribution in [3.8, 4) is 11.3 Å². The zero-order chi connectivity index (χ0) is 13.9. The van der Waals surface area contributed by atoms with Gasteiger partial charge in [-0.1, -0.05) is 12.1 Å². The number of hydrogen-bond donors (Lipinski definition) is 3. The van der Waals surface area contributed by atoms with Crippen LogP contribution in [0.1, 0.15) is 0 Å². The first-order valence-electron chi connectivity index (χ1n) is 6.20. The third-order valence-corrected chi connectivity index (χ3v) is 2.94. The summed E-state index contributed by atoms with van der Waals surface area (Å²) < 4.78 is 0. The highest BCUT2D eigenvalue weighted by molar-refractivity contribution is 5.92. The van der Waals surface area contributed by atoms with Crippen molar-refractivity contribution in [3.63, 3.8) is 0 Å². The van der Waals surface area contributed by atoms with Gasteiger partial charge in [0, 0.05) is 23.7 Å². The maximum absolute atomic E-state index is 5.76. The molecule has 0 saturated carbocycles. The molecule has 100 valence electrons. The topological polar surface area (TPSA) is 92.5 Å². The first-order valence-corrected chi connectivity index (χ1v) is 6.20. The second kappa shape index (κ2) is 5.00. The molecule has 0 unspecified atom stereocenters. The van der Waals surface area contributed by atoms with E-state index in [0.29, 0.717) is 12.4 Å². The van der Waals surface area contributed by atoms with Crippen LogP contribution in [-0.2, 0) is 0 Å². The zero-order valence-corrected chi connectivity index (χ0v) is 10.8. The molecule has 0 spiro atoms. The van der Waals surface area contributed by atoms with E-state index < -0.39 is 0 Å². The van der Waals surface area contributed by atoms with Gasteiger partial charge in [-0.25, -0.2) is 4.98 Å². The maximum Gasteiger partial charge on any atom is 0.222 e. The number of hydrogen-bond acceptors (Lipinski definition) is 5. The SMILES string of the molecule is C=CCNc1nc(N)nc2cc(-c3ccn[nH]3)ccc12. The summed E-state index contributed by atoms with van der Waals surface area (Å²) in [5, 5.41) is 11.0. The summed E-state index contributed by atoms with van der Waals surface area (Å²) in [6.45, 7) is 4.30. The van der Waals surface area contributed by atoms with Crippen molar-refractivity contribution < 1.29 is 0 Å². The van der Waals surface area contributed by atoms with Crippen molar-refractivity contribution in [1.29, 1.82) is 0 Å². The van der Waals surface area contributed by atoms with Crippen LogP contribution in [-0.4, -0.2) is 26.7 Å². The molecule has 0 saturated heterocycles. The number of fused-ring (bicyclic) bond motifs is 1. The average Bonchev–Trinajstić information content (AvgIpc) is 2.98. The second-order valence-corrected chi connectivity index (χ2v) is 4.30. The fourth-order valence-corrected chi connectivity index (χ4v) is 2.04. The highest BCUT2D eigenvalue weighted by atomic mass is 15.1. The van der Waals surface area contributed by atoms with Crippen LogP contribution in [0.3, 0.4) is 0 Å². The van der Waals surface area contributed by atoms with Gasteiger partial charge in [-0.15, -0.1) is 6.58 Å². The number of aromatic nitrogens is 4. The number of anilines is 2. The number of nitrogens with zero attached hydrogens (tertiary/aromatic N) is 3. The van der Waals surface area contributed by atoms with Crippen LogP contribution in [0, 0.1) is 0 Å². The predicted molar refractivity (Wildman–Crippen MR) is 80.2 cm³/mol. The minimum absolute atomic E-state index is 0.242. The molecule has 3 aromatic rings. The number of rotatable bonds is 4. The normalized spacial score (nSPS) is 10.6. The van der Waals surface area contributed by atoms with Crippen LogP contribution in [0.15, 0.2) is 43.1 Å². The van der Waals surface area contributed by atoms with Crippen LogP contribution < -0.4 is 11.1 Å². The van der Waals surface area contributed by atoms with E-state index in [1.54, 1.807) is 12.3 Å². The smallest absolute Gasteiger partial charge is 0.222 e. The van der Waals surface area contributed by atoms with Gasteiger partial charge in [-0.2, -0.15) is 10.1 Å². The lowest BCUT2D eigenvalue weighted by atomic mass is 10.1. The Morgan fingerprint density at radius 2 is 2.20 bits per heavy atom. The molecule has 2 heterocycles. The lowest BCUT2D eigenvalue weighted by molar-refractivity contribution is 1.10. The van der Waals surface area contributed by atoms with Gasteiger partial charge < -0.3 is 11.1 Å². The number of H-pyrrole nitrogens is 1. The van der Waals surface area contributed by atoms with Gasteiger partial charge in [0.2, 0.25) is 5.95 Å². The summed E-state index contributed by atoms with van der Waals surface area (Å²) >= 11 is 0. The molecule has 0 aliphatic rings. The minimum atomic E-state index is 0.242. The molecule has 6 heteroatoms. The van der Waals surface area contributed by atoms with Crippen molar-refractivity contribution in [2.24, 2.45) is 0 Å². The average molecular weight is 266 g/mol. The first-order chi connectivity index (χ1) is 9.78. The molecule has 2 aromatic heterocycles. The number of nitrogens with two attached hydrogens (primary N) is 1. The molecule has 6 nitrogen and oxygen atoms in total. The quantitative estimate of drug-likeness (QED) is 0.629. The summed E-state index contributed by atoms with van der Waals surface area (Å²) in [6.07, 6.45) is 3.48. The zero-order valence-electron chi connectivity index (χ0n) is 10.8. The van der Waals surface area contributed by atoms with E-state index in [-0.39, 0.29) is 5.95 Å². The van der Waals surface area contributed by atoms with Gasteiger partial charge in [0.05, 0.1) is 11.2 Å². The Morgan fingerprint density at radius 3 is 2.95 bits per heavy atom. The van der Waals surface area contributed by atoms with E-state index in [4.69, 9.17) is 5.73 Å². The van der Waals surface area contributed by atoms with Crippen LogP contribution in [0.4, 0.5) is 11.8 Å². The molecule has 1 aromatic carbocycles. The third-order valence-electron chi connectivity index (χ3n) is 2.94. The summed E-state index contributed by atoms with van der Waals surface area (Å²) in [6, 6.07) is 7.83. The van der Waals surface area contributed by atoms with E-state index >= 15 is 0 Å². The summed E-state index contributed by atoms with van der Waals surface area (Å²) in [7, 11) is 0. The van der Waals surface area contributed by atoms with E-state index in [0.717, 1.165) is 22.2 Å². The Hall–Kier alpha value is -2.89. The minimum Gasteiger partial charge on any atom is -0.368 e. The number of benzene rings is 1. The third kappa shape index (κ3) is 2.18. The summed E-state index contributed by atoms with van der Waals surface area (Å²) in [5.41, 5.74) is 8.48. The van der Waals surface area contributed by atoms with Crippen LogP contribution >= 0.6 is 0 Å². The van der Waals surface area contributed by atoms with E-state index in [9.17, 15) is 0 Å². The van der Waals surface area contributed by atoms with E-state index in [1.165, 1.54) is 0 Å². The molecule has 0 atom stereocenters. The van der Waals surface area contributed by atoms with Crippen molar-refractivity contribution in [3.05, 3.63) is 43.1 Å². The molecular weight excluding hydrogens is 252 g/mol. The molecule has 0 fully saturated rings. The van der Waals surface area contributed by atoms with Gasteiger partial charge >= 0.3 is 0 Å². The van der Waals surface area contributed by atoms with Crippen LogP contribution in [0.5, 0.6) is 0 Å². The fraction of sp³-hybridized carbons (Fsp3) is 0.0714. The second-order valence-electron chi connectivity index (χ2n) is 4.30. The van der Waals surface area contributed by atoms with Gasteiger partial charge in [0.25, 0.3) is 0 Å². The van der Waals surface area contributed by atoms with Gasteiger partial charge in [-0.3, -0.25) is 5.10 Å². The molecule has 0 amide bonds. The Balaban J connectivity index is 2.12. The molecule has 0 aliphatic heterocycles. The number of nitrogen functional groups attached to an aromatic ring is 1. The molecule has 20 heavy (non-hydrogen) atoms. The van der Waals surface area contributed by atoms with Crippen LogP contribution in [0.2, 0.25) is 0 Å². The maximum atomic E-state index is 5.76. The number of nitrogens with one attached hydrogen (secondary N) is 2. The molecule has 3 rings (SSSR count). The standard InChI is InChI=1S/C14H14N6/c1-2-6-16-13-10-4-3-9(11-5-7-17-20-11)8-12(10)18-14(15)19-13/h2-5,7-8H,1,6H2,(H,17,20)(H3,15,16,18,19). The Labute approximate surface area is 115 Å². The van der Waals surface area contributed by atoms with Gasteiger partial charge in [-0.05, 0) is 18.2 Å². The lowest BCUT2D eigenvalue weighted by Gasteiger charge is -2.08. The number of aromatic amines is 1. The summed E-state index contributed by atoms with van der Waals surface area (Å²) in [4.78, 5) is 8.50. The van der Waals surface area contributed by atoms with Crippen molar-refractivity contribution >= 4 is 22.7 Å². The highest BCUT2D eigenvalue weighted by Gasteiger charge is 2.07. The largest absolute Gasteiger partial charge is 0.368 e. The van der Waals surface area contributed by atoms with Gasteiger partial charge in [0.15, 0.2) is 0 Å².